The molecule has 2 aromatic rings. The lowest BCUT2D eigenvalue weighted by molar-refractivity contribution is -0.135. The van der Waals surface area contributed by atoms with Crippen LogP contribution in [-0.4, -0.2) is 61.9 Å². The van der Waals surface area contributed by atoms with Gasteiger partial charge in [-0.25, -0.2) is 14.8 Å². The van der Waals surface area contributed by atoms with Crippen LogP contribution < -0.4 is 10.2 Å². The van der Waals surface area contributed by atoms with Gasteiger partial charge in [0.2, 0.25) is 11.8 Å². The number of rotatable bonds is 1. The Morgan fingerprint density at radius 3 is 2.29 bits per heavy atom. The number of hydrogen-bond donors (Lipinski definition) is 2. The molecule has 11 nitrogen and oxygen atoms in total. The van der Waals surface area contributed by atoms with E-state index in [4.69, 9.17) is 16.7 Å². The average Bonchev–Trinajstić information content (AvgIpc) is 2.99. The molecule has 1 fully saturated rings. The number of carboxylic acid groups (broad SMARTS) is 1. The van der Waals surface area contributed by atoms with E-state index in [2.05, 4.69) is 15.0 Å². The molecule has 0 unspecified atom stereocenters. The number of aromatic nitrogens is 3. The molecule has 4 amide bonds. The van der Waals surface area contributed by atoms with E-state index in [1.54, 1.807) is 18.3 Å². The fourth-order valence-electron chi connectivity index (χ4n) is 2.50. The summed E-state index contributed by atoms with van der Waals surface area (Å²) < 4.78 is 0. The first-order valence-electron chi connectivity index (χ1n) is 7.89. The minimum absolute atomic E-state index is 0.178. The second-order valence-electron chi connectivity index (χ2n) is 5.69. The molecule has 144 valence electrons. The van der Waals surface area contributed by atoms with E-state index in [-0.39, 0.29) is 19.0 Å². The molecule has 4 heterocycles. The van der Waals surface area contributed by atoms with Gasteiger partial charge in [0.15, 0.2) is 5.69 Å². The summed E-state index contributed by atoms with van der Waals surface area (Å²) >= 11 is 5.75. The molecular formula is C16H13ClN6O5. The van der Waals surface area contributed by atoms with Crippen molar-refractivity contribution in [3.63, 3.8) is 0 Å². The monoisotopic (exact) mass is 404 g/mol. The van der Waals surface area contributed by atoms with Crippen LogP contribution in [0.2, 0.25) is 5.02 Å². The summed E-state index contributed by atoms with van der Waals surface area (Å²) in [5, 5.41) is 10.9. The van der Waals surface area contributed by atoms with Gasteiger partial charge in [-0.2, -0.15) is 0 Å². The van der Waals surface area contributed by atoms with Crippen molar-refractivity contribution in [2.75, 3.05) is 18.0 Å². The number of piperazine rings is 1. The number of halogens is 1. The summed E-state index contributed by atoms with van der Waals surface area (Å²) in [7, 11) is 0. The maximum absolute atomic E-state index is 12.0. The first-order chi connectivity index (χ1) is 13.3. The zero-order chi connectivity index (χ0) is 20.3. The Balaban J connectivity index is 0.000000178. The third kappa shape index (κ3) is 4.20. The maximum Gasteiger partial charge on any atom is 0.408 e. The van der Waals surface area contributed by atoms with Crippen molar-refractivity contribution < 1.29 is 24.3 Å². The highest BCUT2D eigenvalue weighted by atomic mass is 35.5. The number of fused-ring (bicyclic) bond motifs is 1. The lowest BCUT2D eigenvalue weighted by Crippen LogP contribution is -2.52. The predicted molar refractivity (Wildman–Crippen MR) is 94.5 cm³/mol. The van der Waals surface area contributed by atoms with Crippen molar-refractivity contribution in [1.82, 2.24) is 25.2 Å². The number of pyridine rings is 1. The highest BCUT2D eigenvalue weighted by Gasteiger charge is 2.31. The van der Waals surface area contributed by atoms with Crippen LogP contribution in [0, 0.1) is 0 Å². The molecule has 0 spiro atoms. The number of nitrogens with one attached hydrogen (secondary N) is 1. The van der Waals surface area contributed by atoms with Gasteiger partial charge in [-0.05, 0) is 12.1 Å². The van der Waals surface area contributed by atoms with Gasteiger partial charge in [0.25, 0.3) is 5.91 Å². The summed E-state index contributed by atoms with van der Waals surface area (Å²) in [6.07, 6.45) is 3.34. The smallest absolute Gasteiger partial charge is 0.408 e. The molecule has 0 bridgehead atoms. The number of anilines is 1. The van der Waals surface area contributed by atoms with E-state index in [0.717, 1.165) is 4.90 Å². The molecule has 2 aromatic heterocycles. The fraction of sp³-hybridized carbons (Fsp3) is 0.188. The largest absolute Gasteiger partial charge is 0.465 e. The average molecular weight is 405 g/mol. The van der Waals surface area contributed by atoms with Crippen LogP contribution in [0.5, 0.6) is 0 Å². The maximum atomic E-state index is 12.0. The number of carbonyl (C=O) groups excluding carboxylic acids is 3. The van der Waals surface area contributed by atoms with Crippen molar-refractivity contribution in [2.45, 2.75) is 6.54 Å². The van der Waals surface area contributed by atoms with Crippen LogP contribution in [0.1, 0.15) is 16.2 Å². The quantitative estimate of drug-likeness (QED) is 0.645. The molecule has 2 N–H and O–H groups in total. The number of carbonyl (C=O) groups is 4. The third-order valence-corrected chi connectivity index (χ3v) is 3.96. The van der Waals surface area contributed by atoms with Gasteiger partial charge in [0.1, 0.15) is 18.9 Å². The van der Waals surface area contributed by atoms with Crippen LogP contribution >= 0.6 is 11.6 Å². The number of nitrogens with zero attached hydrogens (tertiary/aromatic N) is 5. The van der Waals surface area contributed by atoms with Crippen LogP contribution in [0.25, 0.3) is 0 Å². The van der Waals surface area contributed by atoms with Crippen molar-refractivity contribution in [3.05, 3.63) is 47.1 Å². The Kier molecular flexibility index (Phi) is 5.45. The Morgan fingerprint density at radius 1 is 1.04 bits per heavy atom. The lowest BCUT2D eigenvalue weighted by Gasteiger charge is -2.21. The van der Waals surface area contributed by atoms with E-state index in [1.807, 2.05) is 5.32 Å². The van der Waals surface area contributed by atoms with Crippen molar-refractivity contribution >= 4 is 41.2 Å². The van der Waals surface area contributed by atoms with E-state index >= 15 is 0 Å². The normalized spacial score (nSPS) is 15.5. The second-order valence-corrected chi connectivity index (χ2v) is 6.12. The summed E-state index contributed by atoms with van der Waals surface area (Å²) in [6, 6.07) is 3.40. The molecule has 0 aliphatic carbocycles. The number of imide groups is 1. The molecule has 1 saturated heterocycles. The van der Waals surface area contributed by atoms with Crippen molar-refractivity contribution in [3.8, 4) is 0 Å². The minimum atomic E-state index is -1.26. The first-order valence-corrected chi connectivity index (χ1v) is 8.27. The molecule has 0 radical (unpaired) electrons. The molecular weight excluding hydrogens is 392 g/mol. The number of hydrogen-bond acceptors (Lipinski definition) is 7. The Morgan fingerprint density at radius 2 is 1.71 bits per heavy atom. The highest BCUT2D eigenvalue weighted by molar-refractivity contribution is 6.30. The van der Waals surface area contributed by atoms with Gasteiger partial charge in [-0.1, -0.05) is 11.6 Å². The molecule has 0 aromatic carbocycles. The second kappa shape index (κ2) is 7.96. The van der Waals surface area contributed by atoms with Gasteiger partial charge < -0.3 is 5.11 Å². The van der Waals surface area contributed by atoms with E-state index in [9.17, 15) is 19.2 Å². The fourth-order valence-corrected chi connectivity index (χ4v) is 2.61. The molecule has 2 aliphatic heterocycles. The van der Waals surface area contributed by atoms with Gasteiger partial charge in [0, 0.05) is 18.6 Å². The summed E-state index contributed by atoms with van der Waals surface area (Å²) in [6.45, 7) is -0.126. The lowest BCUT2D eigenvalue weighted by atomic mass is 10.3. The van der Waals surface area contributed by atoms with Gasteiger partial charge in [-0.3, -0.25) is 34.5 Å². The SMILES string of the molecule is O=C1CN(C(=O)O)CC(=O)N1.O=C1c2nccnc2CN1c1ccc(Cl)cn1. The van der Waals surface area contributed by atoms with Crippen LogP contribution in [-0.2, 0) is 16.1 Å². The Labute approximate surface area is 163 Å². The van der Waals surface area contributed by atoms with Gasteiger partial charge in [0.05, 0.1) is 17.3 Å². The molecule has 12 heteroatoms. The predicted octanol–water partition coefficient (Wildman–Crippen LogP) is 0.308. The Hall–Kier alpha value is -3.60. The van der Waals surface area contributed by atoms with E-state index in [1.165, 1.54) is 17.3 Å². The molecule has 28 heavy (non-hydrogen) atoms. The molecule has 0 atom stereocenters. The third-order valence-electron chi connectivity index (χ3n) is 3.74. The van der Waals surface area contributed by atoms with E-state index < -0.39 is 17.9 Å². The summed E-state index contributed by atoms with van der Waals surface area (Å²) in [5.41, 5.74) is 1.07. The molecule has 4 rings (SSSR count). The zero-order valence-corrected chi connectivity index (χ0v) is 15.0. The van der Waals surface area contributed by atoms with Gasteiger partial charge >= 0.3 is 6.09 Å². The minimum Gasteiger partial charge on any atom is -0.465 e. The number of amides is 4. The zero-order valence-electron chi connectivity index (χ0n) is 14.2. The molecule has 2 aliphatic rings. The van der Waals surface area contributed by atoms with Gasteiger partial charge in [-0.15, -0.1) is 0 Å². The van der Waals surface area contributed by atoms with Crippen LogP contribution in [0.4, 0.5) is 10.6 Å². The Bertz CT molecular complexity index is 935. The van der Waals surface area contributed by atoms with Crippen LogP contribution in [0.15, 0.2) is 30.7 Å². The summed E-state index contributed by atoms with van der Waals surface area (Å²) in [4.78, 5) is 57.9. The highest BCUT2D eigenvalue weighted by Crippen LogP contribution is 2.24. The molecule has 0 saturated carbocycles. The topological polar surface area (TPSA) is 146 Å². The van der Waals surface area contributed by atoms with E-state index in [0.29, 0.717) is 28.8 Å². The van der Waals surface area contributed by atoms with Crippen molar-refractivity contribution in [1.29, 1.82) is 0 Å². The standard InChI is InChI=1S/C11H7ClN4O.C5H6N2O4/c12-7-1-2-9(15-5-7)16-6-8-10(11(16)17)14-4-3-13-8;8-3-1-7(5(10)11)2-4(9)6-3/h1-5H,6H2;1-2H2,(H,10,11)(H,6,8,9). The first kappa shape index (κ1) is 19.2. The van der Waals surface area contributed by atoms with Crippen LogP contribution in [0.3, 0.4) is 0 Å². The van der Waals surface area contributed by atoms with Crippen molar-refractivity contribution in [2.24, 2.45) is 0 Å². The summed E-state index contributed by atoms with van der Waals surface area (Å²) in [5.74, 6) is -0.783.